The number of carbonyl (C=O) groups excluding carboxylic acids is 2. The Morgan fingerprint density at radius 3 is 2.27 bits per heavy atom. The summed E-state index contributed by atoms with van der Waals surface area (Å²) in [5.74, 6) is -1.51. The molecule has 0 amide bonds. The summed E-state index contributed by atoms with van der Waals surface area (Å²) in [6, 6.07) is 19.0. The summed E-state index contributed by atoms with van der Waals surface area (Å²) in [5, 5.41) is 0. The molecule has 4 rings (SSSR count). The zero-order valence-electron chi connectivity index (χ0n) is 15.8. The minimum Gasteiger partial charge on any atom is -0.419 e. The molecule has 0 N–H and O–H groups in total. The van der Waals surface area contributed by atoms with Crippen LogP contribution in [0.3, 0.4) is 0 Å². The number of allylic oxidation sites excluding steroid dienone is 1. The predicted octanol–water partition coefficient (Wildman–Crippen LogP) is 3.12. The fraction of sp³-hybridized carbons (Fsp3) is 0.0455. The molecule has 0 spiro atoms. The molecule has 0 saturated carbocycles. The molecule has 7 nitrogen and oxygen atoms in total. The minimum atomic E-state index is -4.01. The second kappa shape index (κ2) is 7.57. The molecule has 30 heavy (non-hydrogen) atoms. The summed E-state index contributed by atoms with van der Waals surface area (Å²) in [4.78, 5) is 29.9. The molecule has 0 aliphatic carbocycles. The lowest BCUT2D eigenvalue weighted by molar-refractivity contribution is 0.0680. The van der Waals surface area contributed by atoms with Crippen molar-refractivity contribution in [2.45, 2.75) is 4.90 Å². The zero-order valence-corrected chi connectivity index (χ0v) is 16.7. The average molecular weight is 420 g/mol. The Hall–Kier alpha value is -3.78. The number of likely N-dealkylation sites (N-methyl/N-ethyl adjacent to an activating group) is 1. The molecule has 0 radical (unpaired) electrons. The number of ketones is 1. The standard InChI is InChI=1S/C22H16N2O5S/c1-24-19(20(25)15-9-3-2-4-10-15)21(29-22(26)17-12-7-8-14-23-17)16-11-5-6-13-18(16)30(24,27)28/h2-14H,1H3. The van der Waals surface area contributed by atoms with E-state index in [1.807, 2.05) is 0 Å². The quantitative estimate of drug-likeness (QED) is 0.476. The Bertz CT molecular complexity index is 1270. The first kappa shape index (κ1) is 19.5. The highest BCUT2D eigenvalue weighted by Gasteiger charge is 2.39. The molecule has 2 aromatic carbocycles. The van der Waals surface area contributed by atoms with Gasteiger partial charge in [-0.2, -0.15) is 0 Å². The van der Waals surface area contributed by atoms with Crippen LogP contribution in [0.5, 0.6) is 0 Å². The molecule has 0 unspecified atom stereocenters. The van der Waals surface area contributed by atoms with Crippen molar-refractivity contribution in [3.63, 3.8) is 0 Å². The van der Waals surface area contributed by atoms with E-state index in [1.54, 1.807) is 54.6 Å². The highest BCUT2D eigenvalue weighted by molar-refractivity contribution is 7.89. The molecule has 150 valence electrons. The van der Waals surface area contributed by atoms with Crippen LogP contribution in [0.2, 0.25) is 0 Å². The fourth-order valence-corrected chi connectivity index (χ4v) is 4.51. The third-order valence-electron chi connectivity index (χ3n) is 4.62. The molecule has 0 bridgehead atoms. The number of carbonyl (C=O) groups is 2. The van der Waals surface area contributed by atoms with E-state index in [4.69, 9.17) is 4.74 Å². The first-order chi connectivity index (χ1) is 14.4. The van der Waals surface area contributed by atoms with Crippen LogP contribution in [0.4, 0.5) is 0 Å². The van der Waals surface area contributed by atoms with E-state index in [0.29, 0.717) is 0 Å². The highest BCUT2D eigenvalue weighted by atomic mass is 32.2. The van der Waals surface area contributed by atoms with Crippen LogP contribution in [-0.2, 0) is 14.8 Å². The van der Waals surface area contributed by atoms with E-state index in [2.05, 4.69) is 4.98 Å². The van der Waals surface area contributed by atoms with Crippen molar-refractivity contribution in [2.75, 3.05) is 7.05 Å². The SMILES string of the molecule is CN1C(C(=O)c2ccccc2)=C(OC(=O)c2ccccn2)c2ccccc2S1(=O)=O. The Balaban J connectivity index is 1.93. The lowest BCUT2D eigenvalue weighted by Crippen LogP contribution is -2.36. The zero-order chi connectivity index (χ0) is 21.3. The molecule has 2 heterocycles. The maximum Gasteiger partial charge on any atom is 0.362 e. The number of benzene rings is 2. The van der Waals surface area contributed by atoms with Crippen LogP contribution >= 0.6 is 0 Å². The summed E-state index contributed by atoms with van der Waals surface area (Å²) in [6.45, 7) is 0. The second-order valence-electron chi connectivity index (χ2n) is 6.45. The van der Waals surface area contributed by atoms with Crippen LogP contribution in [0, 0.1) is 0 Å². The van der Waals surface area contributed by atoms with Crippen LogP contribution < -0.4 is 0 Å². The first-order valence-corrected chi connectivity index (χ1v) is 10.4. The van der Waals surface area contributed by atoms with Crippen molar-refractivity contribution in [2.24, 2.45) is 0 Å². The molecule has 3 aromatic rings. The molecule has 0 atom stereocenters. The third kappa shape index (κ3) is 3.27. The summed E-state index contributed by atoms with van der Waals surface area (Å²) >= 11 is 0. The number of esters is 1. The lowest BCUT2D eigenvalue weighted by Gasteiger charge is -2.30. The maximum atomic E-state index is 13.3. The summed E-state index contributed by atoms with van der Waals surface area (Å²) < 4.78 is 32.5. The van der Waals surface area contributed by atoms with Gasteiger partial charge in [0.1, 0.15) is 11.4 Å². The van der Waals surface area contributed by atoms with E-state index >= 15 is 0 Å². The van der Waals surface area contributed by atoms with Gasteiger partial charge in [0.2, 0.25) is 5.78 Å². The Morgan fingerprint density at radius 2 is 1.57 bits per heavy atom. The first-order valence-electron chi connectivity index (χ1n) is 8.97. The van der Waals surface area contributed by atoms with Gasteiger partial charge in [0.25, 0.3) is 10.0 Å². The smallest absolute Gasteiger partial charge is 0.362 e. The minimum absolute atomic E-state index is 0.0325. The van der Waals surface area contributed by atoms with Crippen LogP contribution in [-0.4, -0.2) is 36.5 Å². The van der Waals surface area contributed by atoms with Crippen molar-refractivity contribution in [1.29, 1.82) is 0 Å². The van der Waals surface area contributed by atoms with Crippen molar-refractivity contribution in [1.82, 2.24) is 9.29 Å². The number of ether oxygens (including phenoxy) is 1. The van der Waals surface area contributed by atoms with E-state index in [9.17, 15) is 18.0 Å². The molecular formula is C22H16N2O5S. The van der Waals surface area contributed by atoms with Gasteiger partial charge in [-0.05, 0) is 24.3 Å². The molecule has 8 heteroatoms. The van der Waals surface area contributed by atoms with Gasteiger partial charge in [-0.1, -0.05) is 48.5 Å². The van der Waals surface area contributed by atoms with Gasteiger partial charge in [-0.15, -0.1) is 0 Å². The number of sulfonamides is 1. The highest BCUT2D eigenvalue weighted by Crippen LogP contribution is 2.38. The molecular weight excluding hydrogens is 404 g/mol. The summed E-state index contributed by atoms with van der Waals surface area (Å²) in [5.41, 5.74) is 0.189. The maximum absolute atomic E-state index is 13.3. The molecule has 1 aromatic heterocycles. The molecule has 1 aliphatic rings. The van der Waals surface area contributed by atoms with Crippen molar-refractivity contribution < 1.29 is 22.7 Å². The molecule has 0 saturated heterocycles. The van der Waals surface area contributed by atoms with E-state index in [1.165, 1.54) is 31.4 Å². The summed E-state index contributed by atoms with van der Waals surface area (Å²) in [6.07, 6.45) is 1.44. The van der Waals surface area contributed by atoms with Crippen molar-refractivity contribution in [3.05, 3.63) is 102 Å². The van der Waals surface area contributed by atoms with E-state index in [-0.39, 0.29) is 33.2 Å². The number of nitrogens with zero attached hydrogens (tertiary/aromatic N) is 2. The number of hydrogen-bond acceptors (Lipinski definition) is 6. The number of rotatable bonds is 4. The lowest BCUT2D eigenvalue weighted by atomic mass is 10.0. The molecule has 1 aliphatic heterocycles. The monoisotopic (exact) mass is 420 g/mol. The van der Waals surface area contributed by atoms with Gasteiger partial charge in [0, 0.05) is 24.4 Å². The van der Waals surface area contributed by atoms with Crippen LogP contribution in [0.15, 0.2) is 89.6 Å². The van der Waals surface area contributed by atoms with Gasteiger partial charge in [0.05, 0.1) is 4.90 Å². The van der Waals surface area contributed by atoms with Gasteiger partial charge >= 0.3 is 5.97 Å². The number of hydrogen-bond donors (Lipinski definition) is 0. The van der Waals surface area contributed by atoms with Gasteiger partial charge in [-0.3, -0.25) is 9.10 Å². The van der Waals surface area contributed by atoms with Crippen molar-refractivity contribution >= 4 is 27.5 Å². The summed E-state index contributed by atoms with van der Waals surface area (Å²) in [7, 11) is -2.75. The number of aromatic nitrogens is 1. The van der Waals surface area contributed by atoms with E-state index in [0.717, 1.165) is 4.31 Å². The Kier molecular flexibility index (Phi) is 4.93. The fourth-order valence-electron chi connectivity index (χ4n) is 3.12. The Labute approximate surface area is 173 Å². The second-order valence-corrected chi connectivity index (χ2v) is 8.38. The molecule has 0 fully saturated rings. The predicted molar refractivity (Wildman–Crippen MR) is 109 cm³/mol. The van der Waals surface area contributed by atoms with Crippen LogP contribution in [0.25, 0.3) is 5.76 Å². The topological polar surface area (TPSA) is 93.6 Å². The third-order valence-corrected chi connectivity index (χ3v) is 6.44. The van der Waals surface area contributed by atoms with Gasteiger partial charge in [0.15, 0.2) is 5.76 Å². The number of Topliss-reactive ketones (excluding diaryl/α,β-unsaturated/α-hetero) is 1. The van der Waals surface area contributed by atoms with E-state index < -0.39 is 21.8 Å². The van der Waals surface area contributed by atoms with Gasteiger partial charge < -0.3 is 4.74 Å². The number of pyridine rings is 1. The van der Waals surface area contributed by atoms with Crippen LogP contribution in [0.1, 0.15) is 26.4 Å². The Morgan fingerprint density at radius 1 is 0.900 bits per heavy atom. The number of fused-ring (bicyclic) bond motifs is 1. The average Bonchev–Trinajstić information content (AvgIpc) is 2.78. The van der Waals surface area contributed by atoms with Gasteiger partial charge in [-0.25, -0.2) is 18.2 Å². The largest absolute Gasteiger partial charge is 0.419 e. The van der Waals surface area contributed by atoms with Crippen molar-refractivity contribution in [3.8, 4) is 0 Å². The normalized spacial score (nSPS) is 14.8.